The highest BCUT2D eigenvalue weighted by Gasteiger charge is 2.41. The molecule has 3 aromatic rings. The maximum absolute atomic E-state index is 14.4. The molecule has 0 saturated heterocycles. The van der Waals surface area contributed by atoms with E-state index < -0.39 is 53.8 Å². The number of nitrogens with two attached hydrogens (primary N) is 3. The van der Waals surface area contributed by atoms with Crippen LogP contribution in [0.5, 0.6) is 0 Å². The number of nitrogens with one attached hydrogen (secondary N) is 3. The lowest BCUT2D eigenvalue weighted by Crippen LogP contribution is -2.62. The van der Waals surface area contributed by atoms with Gasteiger partial charge in [0.15, 0.2) is 5.96 Å². The number of hydrogen-bond donors (Lipinski definition) is 6. The maximum Gasteiger partial charge on any atom is 0.317 e. The Kier molecular flexibility index (Phi) is 11.5. The van der Waals surface area contributed by atoms with E-state index in [2.05, 4.69) is 25.6 Å². The number of hydrogen-bond acceptors (Lipinski definition) is 7. The molecule has 0 bridgehead atoms. The van der Waals surface area contributed by atoms with Gasteiger partial charge in [0.25, 0.3) is 0 Å². The van der Waals surface area contributed by atoms with E-state index in [0.717, 1.165) is 22.3 Å². The minimum Gasteiger partial charge on any atom is -0.370 e. The highest BCUT2D eigenvalue weighted by Crippen LogP contribution is 2.27. The van der Waals surface area contributed by atoms with Crippen molar-refractivity contribution >= 4 is 35.6 Å². The number of aromatic amines is 1. The Balaban J connectivity index is 1.45. The zero-order chi connectivity index (χ0) is 36.7. The van der Waals surface area contributed by atoms with E-state index in [1.807, 2.05) is 48.5 Å². The molecule has 0 saturated carbocycles. The van der Waals surface area contributed by atoms with Crippen LogP contribution >= 0.6 is 0 Å². The molecule has 16 heteroatoms. The van der Waals surface area contributed by atoms with Crippen LogP contribution in [0.2, 0.25) is 0 Å². The number of carbonyl (C=O) groups excluding carboxylic acids is 5. The Morgan fingerprint density at radius 1 is 0.863 bits per heavy atom. The van der Waals surface area contributed by atoms with E-state index in [4.69, 9.17) is 17.2 Å². The first-order valence-corrected chi connectivity index (χ1v) is 16.8. The predicted octanol–water partition coefficient (Wildman–Crippen LogP) is -0.477. The molecule has 1 aromatic heterocycles. The zero-order valence-electron chi connectivity index (χ0n) is 28.7. The molecule has 2 aromatic carbocycles. The predicted molar refractivity (Wildman–Crippen MR) is 188 cm³/mol. The minimum absolute atomic E-state index is 0.0974. The number of urea groups is 1. The van der Waals surface area contributed by atoms with Crippen molar-refractivity contribution in [3.63, 3.8) is 0 Å². The van der Waals surface area contributed by atoms with Gasteiger partial charge in [-0.2, -0.15) is 0 Å². The van der Waals surface area contributed by atoms with Crippen molar-refractivity contribution in [2.75, 3.05) is 20.6 Å². The SMILES string of the molecule is CN(C)C(=O)N[C@@H](Cc1cnc[nH]1)C(=O)N1Cc2ccccc2C[C@@H]1C(=O)N[C@@H](CCCN=C(N)N)C(=O)N1Cc2ccccc2C[C@H]1C(N)=O. The molecule has 0 spiro atoms. The van der Waals surface area contributed by atoms with Gasteiger partial charge in [-0.05, 0) is 35.1 Å². The number of H-pyrrole nitrogens is 1. The van der Waals surface area contributed by atoms with Gasteiger partial charge in [-0.1, -0.05) is 48.5 Å². The molecule has 3 heterocycles. The summed E-state index contributed by atoms with van der Waals surface area (Å²) in [5, 5.41) is 5.70. The maximum atomic E-state index is 14.4. The molecule has 0 fully saturated rings. The quantitative estimate of drug-likeness (QED) is 0.0818. The number of primary amides is 1. The summed E-state index contributed by atoms with van der Waals surface area (Å²) in [6.45, 7) is 0.428. The first-order valence-electron chi connectivity index (χ1n) is 16.8. The lowest BCUT2D eigenvalue weighted by molar-refractivity contribution is -0.147. The third-order valence-electron chi connectivity index (χ3n) is 9.24. The molecule has 270 valence electrons. The van der Waals surface area contributed by atoms with Crippen LogP contribution in [0.1, 0.15) is 40.8 Å². The highest BCUT2D eigenvalue weighted by molar-refractivity contribution is 5.96. The van der Waals surface area contributed by atoms with Gasteiger partial charge in [-0.3, -0.25) is 24.2 Å². The van der Waals surface area contributed by atoms with Crippen molar-refractivity contribution in [1.82, 2.24) is 35.3 Å². The normalized spacial score (nSPS) is 17.6. The number of fused-ring (bicyclic) bond motifs is 2. The Morgan fingerprint density at radius 2 is 1.43 bits per heavy atom. The molecule has 2 aliphatic rings. The van der Waals surface area contributed by atoms with Crippen molar-refractivity contribution in [3.8, 4) is 0 Å². The number of aromatic nitrogens is 2. The number of benzene rings is 2. The summed E-state index contributed by atoms with van der Waals surface area (Å²) in [5.41, 5.74) is 21.0. The standard InChI is InChI=1S/C35H45N11O5/c1-44(2)35(51)43-27(16-25-17-39-20-41-25)33(50)46-19-24-11-6-4-9-22(24)15-29(46)31(48)42-26(12-7-13-40-34(37)38)32(49)45-18-23-10-5-3-8-21(23)14-28(45)30(36)47/h3-6,8-11,17,20,26-29H,7,12-16,18-19H2,1-2H3,(H2,36,47)(H,39,41)(H,42,48)(H,43,51)(H4,37,38,40)/t26-,27-,28-,29+/m0/s1. The van der Waals surface area contributed by atoms with Crippen LogP contribution in [0, 0.1) is 0 Å². The lowest BCUT2D eigenvalue weighted by Gasteiger charge is -2.40. The van der Waals surface area contributed by atoms with Crippen LogP contribution in [-0.2, 0) is 51.5 Å². The van der Waals surface area contributed by atoms with Gasteiger partial charge in [-0.15, -0.1) is 0 Å². The van der Waals surface area contributed by atoms with E-state index in [1.165, 1.54) is 21.0 Å². The molecule has 16 nitrogen and oxygen atoms in total. The van der Waals surface area contributed by atoms with Gasteiger partial charge in [0.1, 0.15) is 24.2 Å². The second-order valence-electron chi connectivity index (χ2n) is 13.0. The largest absolute Gasteiger partial charge is 0.370 e. The van der Waals surface area contributed by atoms with E-state index >= 15 is 0 Å². The summed E-state index contributed by atoms with van der Waals surface area (Å²) in [6.07, 6.45) is 4.03. The fraction of sp³-hybridized carbons (Fsp3) is 0.400. The molecule has 51 heavy (non-hydrogen) atoms. The summed E-state index contributed by atoms with van der Waals surface area (Å²) in [7, 11) is 3.13. The molecular formula is C35H45N11O5. The molecular weight excluding hydrogens is 654 g/mol. The van der Waals surface area contributed by atoms with Crippen LogP contribution in [0.4, 0.5) is 4.79 Å². The Bertz CT molecular complexity index is 1770. The summed E-state index contributed by atoms with van der Waals surface area (Å²) in [6, 6.07) is 10.4. The van der Waals surface area contributed by atoms with E-state index in [9.17, 15) is 24.0 Å². The Labute approximate surface area is 295 Å². The number of imidazole rings is 1. The van der Waals surface area contributed by atoms with Crippen molar-refractivity contribution in [3.05, 3.63) is 89.0 Å². The van der Waals surface area contributed by atoms with Crippen molar-refractivity contribution < 1.29 is 24.0 Å². The van der Waals surface area contributed by atoms with Crippen molar-refractivity contribution in [2.45, 2.75) is 69.4 Å². The van der Waals surface area contributed by atoms with Gasteiger partial charge in [0, 0.05) is 64.9 Å². The van der Waals surface area contributed by atoms with Crippen LogP contribution in [0.3, 0.4) is 0 Å². The summed E-state index contributed by atoms with van der Waals surface area (Å²) in [5.74, 6) is -2.30. The van der Waals surface area contributed by atoms with Gasteiger partial charge in [0.05, 0.1) is 6.33 Å². The number of amides is 6. The summed E-state index contributed by atoms with van der Waals surface area (Å²) >= 11 is 0. The third-order valence-corrected chi connectivity index (χ3v) is 9.24. The topological polar surface area (TPSA) is 238 Å². The van der Waals surface area contributed by atoms with E-state index in [-0.39, 0.29) is 51.3 Å². The number of aliphatic imine (C=N–C) groups is 1. The molecule has 6 amide bonds. The molecule has 0 aliphatic carbocycles. The lowest BCUT2D eigenvalue weighted by atomic mass is 9.91. The van der Waals surface area contributed by atoms with Crippen molar-refractivity contribution in [1.29, 1.82) is 0 Å². The van der Waals surface area contributed by atoms with Crippen LogP contribution in [0.15, 0.2) is 66.0 Å². The second kappa shape index (κ2) is 16.2. The number of nitrogens with zero attached hydrogens (tertiary/aromatic N) is 5. The first kappa shape index (κ1) is 36.4. The Morgan fingerprint density at radius 3 is 1.98 bits per heavy atom. The van der Waals surface area contributed by atoms with Gasteiger partial charge in [0.2, 0.25) is 23.6 Å². The van der Waals surface area contributed by atoms with Crippen LogP contribution in [0.25, 0.3) is 0 Å². The number of rotatable bonds is 12. The smallest absolute Gasteiger partial charge is 0.317 e. The van der Waals surface area contributed by atoms with Crippen LogP contribution in [-0.4, -0.2) is 105 Å². The Hall–Kier alpha value is -5.93. The molecule has 0 unspecified atom stereocenters. The monoisotopic (exact) mass is 699 g/mol. The van der Waals surface area contributed by atoms with Crippen LogP contribution < -0.4 is 27.8 Å². The zero-order valence-corrected chi connectivity index (χ0v) is 28.7. The van der Waals surface area contributed by atoms with E-state index in [1.54, 1.807) is 20.3 Å². The minimum atomic E-state index is -1.10. The average Bonchev–Trinajstić information content (AvgIpc) is 3.63. The number of guanidine groups is 1. The molecule has 5 rings (SSSR count). The molecule has 4 atom stereocenters. The van der Waals surface area contributed by atoms with Gasteiger partial charge < -0.3 is 47.5 Å². The fourth-order valence-corrected chi connectivity index (χ4v) is 6.52. The highest BCUT2D eigenvalue weighted by atomic mass is 16.2. The molecule has 9 N–H and O–H groups in total. The fourth-order valence-electron chi connectivity index (χ4n) is 6.52. The first-order chi connectivity index (χ1) is 24.4. The summed E-state index contributed by atoms with van der Waals surface area (Å²) in [4.78, 5) is 83.8. The van der Waals surface area contributed by atoms with E-state index in [0.29, 0.717) is 12.1 Å². The summed E-state index contributed by atoms with van der Waals surface area (Å²) < 4.78 is 0. The van der Waals surface area contributed by atoms with Gasteiger partial charge in [-0.25, -0.2) is 9.78 Å². The van der Waals surface area contributed by atoms with Crippen molar-refractivity contribution in [2.24, 2.45) is 22.2 Å². The number of carbonyl (C=O) groups is 5. The molecule has 2 aliphatic heterocycles. The second-order valence-corrected chi connectivity index (χ2v) is 13.0. The average molecular weight is 700 g/mol. The molecule has 0 radical (unpaired) electrons. The van der Waals surface area contributed by atoms with Gasteiger partial charge >= 0.3 is 6.03 Å². The third kappa shape index (κ3) is 8.81.